The van der Waals surface area contributed by atoms with Crippen molar-refractivity contribution in [3.8, 4) is 5.75 Å². The average molecular weight is 445 g/mol. The molecule has 3 aliphatic heterocycles. The van der Waals surface area contributed by atoms with Gasteiger partial charge in [-0.1, -0.05) is 0 Å². The van der Waals surface area contributed by atoms with Gasteiger partial charge in [0.25, 0.3) is 0 Å². The van der Waals surface area contributed by atoms with Gasteiger partial charge in [0.15, 0.2) is 11.6 Å². The van der Waals surface area contributed by atoms with E-state index in [0.29, 0.717) is 31.1 Å². The molecule has 1 unspecified atom stereocenters. The van der Waals surface area contributed by atoms with Gasteiger partial charge in [0.2, 0.25) is 5.91 Å². The molecule has 4 heterocycles. The van der Waals surface area contributed by atoms with Crippen LogP contribution in [0.4, 0.5) is 16.3 Å². The monoisotopic (exact) mass is 444 g/mol. The van der Waals surface area contributed by atoms with E-state index in [4.69, 9.17) is 9.47 Å². The number of pyridine rings is 1. The number of cyclic esters (lactones) is 1. The number of hydrogen-bond donors (Lipinski definition) is 1. The zero-order chi connectivity index (χ0) is 22.3. The minimum absolute atomic E-state index is 0.216. The van der Waals surface area contributed by atoms with E-state index in [1.807, 2.05) is 6.07 Å². The lowest BCUT2D eigenvalue weighted by atomic mass is 9.78. The molecule has 5 rings (SSSR count). The van der Waals surface area contributed by atoms with Crippen molar-refractivity contribution in [3.63, 3.8) is 0 Å². The highest BCUT2D eigenvalue weighted by atomic mass is 16.6. The molecule has 1 N–H and O–H groups in total. The zero-order valence-corrected chi connectivity index (χ0v) is 18.7. The number of carbonyl (C=O) groups excluding carboxylic acids is 2. The molecule has 1 aromatic heterocycles. The summed E-state index contributed by atoms with van der Waals surface area (Å²) in [7, 11) is 1.60. The first kappa shape index (κ1) is 21.3. The van der Waals surface area contributed by atoms with Gasteiger partial charge < -0.3 is 24.4 Å². The van der Waals surface area contributed by atoms with Gasteiger partial charge in [0.1, 0.15) is 6.61 Å². The number of rotatable bonds is 4. The van der Waals surface area contributed by atoms with Gasteiger partial charge in [-0.05, 0) is 44.9 Å². The minimum atomic E-state index is -0.377. The van der Waals surface area contributed by atoms with Crippen LogP contribution in [0.15, 0.2) is 12.3 Å². The predicted molar refractivity (Wildman–Crippen MR) is 118 cm³/mol. The van der Waals surface area contributed by atoms with E-state index in [9.17, 15) is 14.7 Å². The molecule has 1 spiro atoms. The summed E-state index contributed by atoms with van der Waals surface area (Å²) in [6, 6.07) is 2.08. The van der Waals surface area contributed by atoms with Crippen LogP contribution in [0.2, 0.25) is 0 Å². The van der Waals surface area contributed by atoms with Crippen molar-refractivity contribution in [2.24, 2.45) is 5.41 Å². The van der Waals surface area contributed by atoms with Crippen LogP contribution >= 0.6 is 0 Å². The van der Waals surface area contributed by atoms with Crippen LogP contribution in [0.3, 0.4) is 0 Å². The Kier molecular flexibility index (Phi) is 5.61. The van der Waals surface area contributed by atoms with Crippen LogP contribution in [0, 0.1) is 5.41 Å². The molecule has 1 aliphatic carbocycles. The first-order chi connectivity index (χ1) is 15.5. The van der Waals surface area contributed by atoms with Gasteiger partial charge in [0.05, 0.1) is 37.1 Å². The third-order valence-electron chi connectivity index (χ3n) is 7.64. The average Bonchev–Trinajstić information content (AvgIpc) is 3.37. The molecular formula is C23H32N4O5. The molecule has 174 valence electrons. The number of aromatic nitrogens is 1. The quantitative estimate of drug-likeness (QED) is 0.760. The largest absolute Gasteiger partial charge is 0.493 e. The number of amides is 2. The van der Waals surface area contributed by atoms with E-state index in [0.717, 1.165) is 63.9 Å². The molecule has 0 aromatic carbocycles. The van der Waals surface area contributed by atoms with Gasteiger partial charge >= 0.3 is 6.09 Å². The molecule has 1 atom stereocenters. The Hall–Kier alpha value is -2.55. The summed E-state index contributed by atoms with van der Waals surface area (Å²) in [5.41, 5.74) is 0.278. The van der Waals surface area contributed by atoms with Crippen LogP contribution < -0.4 is 14.5 Å². The second-order valence-electron chi connectivity index (χ2n) is 9.50. The lowest BCUT2D eigenvalue weighted by Crippen LogP contribution is -2.50. The number of hydrogen-bond acceptors (Lipinski definition) is 7. The van der Waals surface area contributed by atoms with E-state index in [-0.39, 0.29) is 29.6 Å². The lowest BCUT2D eigenvalue weighted by Gasteiger charge is -2.41. The van der Waals surface area contributed by atoms with Crippen molar-refractivity contribution < 1.29 is 24.2 Å². The number of anilines is 2. The van der Waals surface area contributed by atoms with E-state index < -0.39 is 0 Å². The molecule has 32 heavy (non-hydrogen) atoms. The number of ether oxygens (including phenoxy) is 2. The van der Waals surface area contributed by atoms with E-state index in [1.165, 1.54) is 0 Å². The molecule has 0 radical (unpaired) electrons. The number of carbonyl (C=O) groups is 2. The predicted octanol–water partition coefficient (Wildman–Crippen LogP) is 2.17. The van der Waals surface area contributed by atoms with Gasteiger partial charge in [-0.15, -0.1) is 0 Å². The lowest BCUT2D eigenvalue weighted by molar-refractivity contribution is -0.139. The second-order valence-corrected chi connectivity index (χ2v) is 9.50. The Balaban J connectivity index is 1.34. The maximum Gasteiger partial charge on any atom is 0.414 e. The van der Waals surface area contributed by atoms with Gasteiger partial charge in [-0.2, -0.15) is 0 Å². The number of piperidine rings is 1. The Morgan fingerprint density at radius 2 is 1.97 bits per heavy atom. The van der Waals surface area contributed by atoms with E-state index >= 15 is 0 Å². The van der Waals surface area contributed by atoms with Crippen molar-refractivity contribution in [1.82, 2.24) is 9.88 Å². The molecule has 4 fully saturated rings. The van der Waals surface area contributed by atoms with E-state index in [1.54, 1.807) is 18.2 Å². The van der Waals surface area contributed by atoms with Gasteiger partial charge in [-0.25, -0.2) is 9.78 Å². The van der Waals surface area contributed by atoms with Crippen LogP contribution in [-0.4, -0.2) is 79.0 Å². The molecule has 4 aliphatic rings. The molecule has 3 saturated heterocycles. The Morgan fingerprint density at radius 1 is 1.16 bits per heavy atom. The highest BCUT2D eigenvalue weighted by Crippen LogP contribution is 2.44. The van der Waals surface area contributed by atoms with Gasteiger partial charge in [-0.3, -0.25) is 9.69 Å². The van der Waals surface area contributed by atoms with Crippen molar-refractivity contribution in [1.29, 1.82) is 0 Å². The summed E-state index contributed by atoms with van der Waals surface area (Å²) in [5.74, 6) is 1.58. The highest BCUT2D eigenvalue weighted by Gasteiger charge is 2.51. The fraction of sp³-hybridized carbons (Fsp3) is 0.696. The Labute approximate surface area is 188 Å². The first-order valence-corrected chi connectivity index (χ1v) is 11.7. The maximum absolute atomic E-state index is 13.6. The van der Waals surface area contributed by atoms with Crippen molar-refractivity contribution in [2.75, 3.05) is 49.7 Å². The number of likely N-dealkylation sites (tertiary alicyclic amines) is 1. The molecule has 9 nitrogen and oxygen atoms in total. The highest BCUT2D eigenvalue weighted by molar-refractivity contribution is 5.90. The molecule has 1 aromatic rings. The SMILES string of the molecule is COc1cc(N2CCOC2=O)cnc1N1CCCC2(CCN(C3CCC(O)CC3)C2=O)C1. The second kappa shape index (κ2) is 8.42. The summed E-state index contributed by atoms with van der Waals surface area (Å²) >= 11 is 0. The minimum Gasteiger partial charge on any atom is -0.493 e. The number of aliphatic hydroxyl groups excluding tert-OH is 1. The molecule has 2 amide bonds. The fourth-order valence-corrected chi connectivity index (χ4v) is 5.85. The van der Waals surface area contributed by atoms with Crippen LogP contribution in [0.25, 0.3) is 0 Å². The van der Waals surface area contributed by atoms with Crippen molar-refractivity contribution >= 4 is 23.5 Å². The van der Waals surface area contributed by atoms with Crippen molar-refractivity contribution in [3.05, 3.63) is 12.3 Å². The number of nitrogens with zero attached hydrogens (tertiary/aromatic N) is 4. The molecule has 1 saturated carbocycles. The molecule has 0 bridgehead atoms. The summed E-state index contributed by atoms with van der Waals surface area (Å²) in [6.07, 6.45) is 7.13. The van der Waals surface area contributed by atoms with Crippen LogP contribution in [0.1, 0.15) is 44.9 Å². The van der Waals surface area contributed by atoms with Gasteiger partial charge in [0, 0.05) is 31.7 Å². The number of methoxy groups -OCH3 is 1. The summed E-state index contributed by atoms with van der Waals surface area (Å²) < 4.78 is 10.7. The number of aliphatic hydroxyl groups is 1. The normalized spacial score (nSPS) is 30.9. The molecular weight excluding hydrogens is 412 g/mol. The van der Waals surface area contributed by atoms with Crippen molar-refractivity contribution in [2.45, 2.75) is 57.1 Å². The summed E-state index contributed by atoms with van der Waals surface area (Å²) in [5, 5.41) is 9.83. The smallest absolute Gasteiger partial charge is 0.414 e. The topological polar surface area (TPSA) is 95.4 Å². The third-order valence-corrected chi connectivity index (χ3v) is 7.64. The first-order valence-electron chi connectivity index (χ1n) is 11.7. The fourth-order valence-electron chi connectivity index (χ4n) is 5.85. The molecule has 9 heteroatoms. The van der Waals surface area contributed by atoms with E-state index in [2.05, 4.69) is 14.8 Å². The van der Waals surface area contributed by atoms with Crippen LogP contribution in [0.5, 0.6) is 5.75 Å². The standard InChI is InChI=1S/C23H32N4O5/c1-31-19-13-17(27-11-12-32-22(27)30)14-24-20(19)25-9-2-7-23(15-25)8-10-26(21(23)29)16-3-5-18(28)6-4-16/h13-14,16,18,28H,2-12,15H2,1H3. The summed E-state index contributed by atoms with van der Waals surface area (Å²) in [6.45, 7) is 3.12. The van der Waals surface area contributed by atoms with Crippen LogP contribution in [-0.2, 0) is 9.53 Å². The Morgan fingerprint density at radius 3 is 2.69 bits per heavy atom. The Bertz CT molecular complexity index is 887. The summed E-state index contributed by atoms with van der Waals surface area (Å²) in [4.78, 5) is 36.0. The third kappa shape index (κ3) is 3.66. The maximum atomic E-state index is 13.6. The zero-order valence-electron chi connectivity index (χ0n) is 18.7.